The molecule has 0 aliphatic heterocycles. The third-order valence-electron chi connectivity index (χ3n) is 3.92. The van der Waals surface area contributed by atoms with Gasteiger partial charge in [-0.3, -0.25) is 9.59 Å². The molecule has 3 aromatic rings. The molecule has 0 aliphatic rings. The van der Waals surface area contributed by atoms with Crippen LogP contribution in [0.2, 0.25) is 5.02 Å². The van der Waals surface area contributed by atoms with Crippen molar-refractivity contribution in [3.8, 4) is 5.75 Å². The fourth-order valence-corrected chi connectivity index (χ4v) is 3.27. The lowest BCUT2D eigenvalue weighted by Gasteiger charge is -2.12. The van der Waals surface area contributed by atoms with E-state index in [4.69, 9.17) is 16.3 Å². The fraction of sp³-hybridized carbons (Fsp3) is 0.0476. The van der Waals surface area contributed by atoms with Gasteiger partial charge in [-0.25, -0.2) is 0 Å². The van der Waals surface area contributed by atoms with Crippen molar-refractivity contribution in [1.29, 1.82) is 0 Å². The third kappa shape index (κ3) is 4.38. The minimum absolute atomic E-state index is 0.218. The van der Waals surface area contributed by atoms with Crippen LogP contribution in [0.3, 0.4) is 0 Å². The van der Waals surface area contributed by atoms with E-state index in [1.54, 1.807) is 67.8 Å². The van der Waals surface area contributed by atoms with Crippen molar-refractivity contribution in [3.05, 3.63) is 92.9 Å². The van der Waals surface area contributed by atoms with Crippen molar-refractivity contribution in [1.82, 2.24) is 0 Å². The number of hydrogen-bond donors (Lipinski definition) is 1. The number of methoxy groups -OCH3 is 1. The van der Waals surface area contributed by atoms with Gasteiger partial charge in [-0.05, 0) is 52.3 Å². The van der Waals surface area contributed by atoms with Gasteiger partial charge in [-0.1, -0.05) is 41.9 Å². The van der Waals surface area contributed by atoms with Gasteiger partial charge < -0.3 is 10.1 Å². The molecule has 0 aromatic heterocycles. The van der Waals surface area contributed by atoms with E-state index in [-0.39, 0.29) is 11.7 Å². The highest BCUT2D eigenvalue weighted by Gasteiger charge is 2.17. The minimum atomic E-state index is -0.345. The SMILES string of the molecule is COc1ccc(C(=O)Nc2ccc(Cl)cc2C(=O)c2ccccc2)cc1Br. The normalized spacial score (nSPS) is 10.3. The quantitative estimate of drug-likeness (QED) is 0.522. The second kappa shape index (κ2) is 8.37. The number of halogens is 2. The fourth-order valence-electron chi connectivity index (χ4n) is 2.56. The number of carbonyl (C=O) groups is 2. The van der Waals surface area contributed by atoms with Crippen molar-refractivity contribution < 1.29 is 14.3 Å². The molecule has 0 bridgehead atoms. The Morgan fingerprint density at radius 2 is 1.70 bits per heavy atom. The first-order valence-electron chi connectivity index (χ1n) is 8.04. The highest BCUT2D eigenvalue weighted by atomic mass is 79.9. The average molecular weight is 445 g/mol. The van der Waals surface area contributed by atoms with E-state index >= 15 is 0 Å². The Balaban J connectivity index is 1.92. The molecule has 27 heavy (non-hydrogen) atoms. The largest absolute Gasteiger partial charge is 0.496 e. The number of hydrogen-bond acceptors (Lipinski definition) is 3. The maximum Gasteiger partial charge on any atom is 0.255 e. The summed E-state index contributed by atoms with van der Waals surface area (Å²) >= 11 is 9.43. The summed E-state index contributed by atoms with van der Waals surface area (Å²) in [5, 5.41) is 3.21. The molecule has 4 nitrogen and oxygen atoms in total. The molecule has 0 saturated carbocycles. The Hall–Kier alpha value is -2.63. The number of ether oxygens (including phenoxy) is 1. The van der Waals surface area contributed by atoms with Crippen LogP contribution >= 0.6 is 27.5 Å². The van der Waals surface area contributed by atoms with Gasteiger partial charge in [0.1, 0.15) is 5.75 Å². The Kier molecular flexibility index (Phi) is 5.94. The average Bonchev–Trinajstić information content (AvgIpc) is 2.69. The predicted octanol–water partition coefficient (Wildman–Crippen LogP) is 5.59. The molecule has 0 aliphatic carbocycles. The number of anilines is 1. The Bertz CT molecular complexity index is 1010. The second-order valence-corrected chi connectivity index (χ2v) is 6.98. The van der Waals surface area contributed by atoms with Crippen LogP contribution in [-0.2, 0) is 0 Å². The molecule has 3 aromatic carbocycles. The highest BCUT2D eigenvalue weighted by molar-refractivity contribution is 9.10. The van der Waals surface area contributed by atoms with Crippen LogP contribution in [0, 0.1) is 0 Å². The van der Waals surface area contributed by atoms with Crippen molar-refractivity contribution in [2.24, 2.45) is 0 Å². The van der Waals surface area contributed by atoms with Crippen LogP contribution in [0.15, 0.2) is 71.2 Å². The first-order chi connectivity index (χ1) is 13.0. The Morgan fingerprint density at radius 1 is 0.963 bits per heavy atom. The lowest BCUT2D eigenvalue weighted by Crippen LogP contribution is -2.15. The first kappa shape index (κ1) is 19.1. The summed E-state index contributed by atoms with van der Waals surface area (Å²) in [4.78, 5) is 25.5. The standard InChI is InChI=1S/C21H15BrClNO3/c1-27-19-10-7-14(11-17(19)22)21(26)24-18-9-8-15(23)12-16(18)20(25)13-5-3-2-4-6-13/h2-12H,1H3,(H,24,26). The zero-order chi connectivity index (χ0) is 19.4. The van der Waals surface area contributed by atoms with Gasteiger partial charge in [0.05, 0.1) is 17.3 Å². The molecule has 3 rings (SSSR count). The van der Waals surface area contributed by atoms with Crippen LogP contribution in [0.1, 0.15) is 26.3 Å². The third-order valence-corrected chi connectivity index (χ3v) is 4.78. The van der Waals surface area contributed by atoms with Crippen LogP contribution < -0.4 is 10.1 Å². The number of amides is 1. The van der Waals surface area contributed by atoms with Gasteiger partial charge in [0, 0.05) is 21.7 Å². The zero-order valence-corrected chi connectivity index (χ0v) is 16.7. The number of carbonyl (C=O) groups excluding carboxylic acids is 2. The molecule has 0 atom stereocenters. The monoisotopic (exact) mass is 443 g/mol. The number of rotatable bonds is 5. The predicted molar refractivity (Wildman–Crippen MR) is 110 cm³/mol. The van der Waals surface area contributed by atoms with Crippen LogP contribution in [0.4, 0.5) is 5.69 Å². The lowest BCUT2D eigenvalue weighted by atomic mass is 10.0. The van der Waals surface area contributed by atoms with Crippen molar-refractivity contribution in [2.45, 2.75) is 0 Å². The van der Waals surface area contributed by atoms with E-state index < -0.39 is 0 Å². The summed E-state index contributed by atoms with van der Waals surface area (Å²) in [7, 11) is 1.55. The minimum Gasteiger partial charge on any atom is -0.496 e. The topological polar surface area (TPSA) is 55.4 Å². The molecular weight excluding hydrogens is 430 g/mol. The summed E-state index contributed by atoms with van der Waals surface area (Å²) in [6, 6.07) is 18.6. The Labute approximate surface area is 170 Å². The smallest absolute Gasteiger partial charge is 0.255 e. The molecular formula is C21H15BrClNO3. The van der Waals surface area contributed by atoms with Crippen LogP contribution in [0.5, 0.6) is 5.75 Å². The van der Waals surface area contributed by atoms with Crippen LogP contribution in [0.25, 0.3) is 0 Å². The van der Waals surface area contributed by atoms with Gasteiger partial charge in [-0.15, -0.1) is 0 Å². The highest BCUT2D eigenvalue weighted by Crippen LogP contribution is 2.27. The van der Waals surface area contributed by atoms with E-state index in [1.807, 2.05) is 6.07 Å². The van der Waals surface area contributed by atoms with E-state index in [0.717, 1.165) is 0 Å². The van der Waals surface area contributed by atoms with E-state index in [1.165, 1.54) is 0 Å². The van der Waals surface area contributed by atoms with Crippen molar-refractivity contribution >= 4 is 44.9 Å². The van der Waals surface area contributed by atoms with E-state index in [9.17, 15) is 9.59 Å². The van der Waals surface area contributed by atoms with Gasteiger partial charge in [-0.2, -0.15) is 0 Å². The van der Waals surface area contributed by atoms with Gasteiger partial charge >= 0.3 is 0 Å². The number of nitrogens with one attached hydrogen (secondary N) is 1. The molecule has 6 heteroatoms. The van der Waals surface area contributed by atoms with Gasteiger partial charge in [0.15, 0.2) is 5.78 Å². The number of benzene rings is 3. The molecule has 0 heterocycles. The first-order valence-corrected chi connectivity index (χ1v) is 9.21. The maximum absolute atomic E-state index is 12.8. The molecule has 0 unspecified atom stereocenters. The molecule has 0 fully saturated rings. The van der Waals surface area contributed by atoms with Crippen molar-refractivity contribution in [2.75, 3.05) is 12.4 Å². The number of ketones is 1. The second-order valence-electron chi connectivity index (χ2n) is 5.69. The molecule has 136 valence electrons. The van der Waals surface area contributed by atoms with Gasteiger partial charge in [0.25, 0.3) is 5.91 Å². The summed E-state index contributed by atoms with van der Waals surface area (Å²) < 4.78 is 5.83. The molecule has 1 N–H and O–H groups in total. The summed E-state index contributed by atoms with van der Waals surface area (Å²) in [5.74, 6) is 0.0603. The molecule has 0 spiro atoms. The maximum atomic E-state index is 12.8. The Morgan fingerprint density at radius 3 is 2.37 bits per heavy atom. The zero-order valence-electron chi connectivity index (χ0n) is 14.3. The van der Waals surface area contributed by atoms with Gasteiger partial charge in [0.2, 0.25) is 0 Å². The summed E-state index contributed by atoms with van der Waals surface area (Å²) in [6.45, 7) is 0. The van der Waals surface area contributed by atoms with Crippen LogP contribution in [-0.4, -0.2) is 18.8 Å². The van der Waals surface area contributed by atoms with E-state index in [0.29, 0.717) is 37.6 Å². The molecule has 0 radical (unpaired) electrons. The molecule has 0 saturated heterocycles. The molecule has 1 amide bonds. The summed E-state index contributed by atoms with van der Waals surface area (Å²) in [5.41, 5.74) is 1.66. The summed E-state index contributed by atoms with van der Waals surface area (Å²) in [6.07, 6.45) is 0. The van der Waals surface area contributed by atoms with Crippen molar-refractivity contribution in [3.63, 3.8) is 0 Å². The van der Waals surface area contributed by atoms with E-state index in [2.05, 4.69) is 21.2 Å². The lowest BCUT2D eigenvalue weighted by molar-refractivity contribution is 0.102.